The minimum atomic E-state index is -0.659. The van der Waals surface area contributed by atoms with Crippen molar-refractivity contribution in [2.24, 2.45) is 0 Å². The van der Waals surface area contributed by atoms with E-state index in [0.29, 0.717) is 46.2 Å². The SMILES string of the molecule is COc1cc(OC)cc(-c2noc([C@@H](CCSC)N3C(=O)c4ccccc4C3=O)n2)c1. The van der Waals surface area contributed by atoms with Crippen LogP contribution < -0.4 is 9.47 Å². The predicted octanol–water partition coefficient (Wildman–Crippen LogP) is 3.84. The summed E-state index contributed by atoms with van der Waals surface area (Å²) in [4.78, 5) is 31.8. The van der Waals surface area contributed by atoms with Gasteiger partial charge < -0.3 is 14.0 Å². The summed E-state index contributed by atoms with van der Waals surface area (Å²) in [6, 6.07) is 11.4. The maximum absolute atomic E-state index is 13.0. The van der Waals surface area contributed by atoms with Gasteiger partial charge >= 0.3 is 0 Å². The maximum atomic E-state index is 13.0. The molecule has 2 amide bonds. The quantitative estimate of drug-likeness (QED) is 0.489. The van der Waals surface area contributed by atoms with E-state index in [1.165, 1.54) is 4.90 Å². The second-order valence-corrected chi connectivity index (χ2v) is 7.87. The van der Waals surface area contributed by atoms with Crippen LogP contribution in [0.15, 0.2) is 47.0 Å². The van der Waals surface area contributed by atoms with Crippen molar-refractivity contribution in [1.82, 2.24) is 15.0 Å². The predicted molar refractivity (Wildman–Crippen MR) is 116 cm³/mol. The topological polar surface area (TPSA) is 94.8 Å². The van der Waals surface area contributed by atoms with Gasteiger partial charge in [-0.15, -0.1) is 0 Å². The summed E-state index contributed by atoms with van der Waals surface area (Å²) in [5.74, 6) is 1.70. The summed E-state index contributed by atoms with van der Waals surface area (Å²) in [7, 11) is 3.11. The van der Waals surface area contributed by atoms with Crippen LogP contribution >= 0.6 is 11.8 Å². The monoisotopic (exact) mass is 439 g/mol. The Kier molecular flexibility index (Phi) is 5.94. The Labute approximate surface area is 183 Å². The van der Waals surface area contributed by atoms with E-state index in [4.69, 9.17) is 14.0 Å². The van der Waals surface area contributed by atoms with E-state index in [1.54, 1.807) is 68.4 Å². The van der Waals surface area contributed by atoms with E-state index >= 15 is 0 Å². The van der Waals surface area contributed by atoms with Crippen LogP contribution in [-0.4, -0.2) is 53.1 Å². The number of carbonyl (C=O) groups excluding carboxylic acids is 2. The third kappa shape index (κ3) is 3.88. The molecule has 1 aliphatic rings. The Morgan fingerprint density at radius 1 is 1.03 bits per heavy atom. The van der Waals surface area contributed by atoms with Crippen molar-refractivity contribution in [3.05, 3.63) is 59.5 Å². The molecule has 0 N–H and O–H groups in total. The maximum Gasteiger partial charge on any atom is 0.262 e. The molecule has 1 atom stereocenters. The molecular formula is C22H21N3O5S. The number of aromatic nitrogens is 2. The first-order valence-electron chi connectivity index (χ1n) is 9.60. The van der Waals surface area contributed by atoms with Crippen molar-refractivity contribution in [3.8, 4) is 22.9 Å². The normalized spacial score (nSPS) is 14.0. The summed E-state index contributed by atoms with van der Waals surface area (Å²) in [6.07, 6.45) is 2.46. The molecule has 0 saturated heterocycles. The van der Waals surface area contributed by atoms with Crippen molar-refractivity contribution >= 4 is 23.6 Å². The average Bonchev–Trinajstić information content (AvgIpc) is 3.39. The van der Waals surface area contributed by atoms with Crippen LogP contribution in [0.2, 0.25) is 0 Å². The molecule has 0 saturated carbocycles. The van der Waals surface area contributed by atoms with E-state index in [0.717, 1.165) is 0 Å². The molecule has 2 heterocycles. The van der Waals surface area contributed by atoms with E-state index in [1.807, 2.05) is 6.26 Å². The molecule has 8 nitrogen and oxygen atoms in total. The molecule has 4 rings (SSSR count). The van der Waals surface area contributed by atoms with Gasteiger partial charge in [-0.2, -0.15) is 16.7 Å². The van der Waals surface area contributed by atoms with Gasteiger partial charge in [0.1, 0.15) is 17.5 Å². The lowest BCUT2D eigenvalue weighted by atomic mass is 10.1. The summed E-state index contributed by atoms with van der Waals surface area (Å²) in [5.41, 5.74) is 1.41. The number of rotatable bonds is 8. The summed E-state index contributed by atoms with van der Waals surface area (Å²) >= 11 is 1.61. The van der Waals surface area contributed by atoms with Crippen LogP contribution in [0.4, 0.5) is 0 Å². The lowest BCUT2D eigenvalue weighted by molar-refractivity contribution is 0.0548. The number of fused-ring (bicyclic) bond motifs is 1. The first-order valence-corrected chi connectivity index (χ1v) is 11.0. The largest absolute Gasteiger partial charge is 0.497 e. The molecule has 9 heteroatoms. The number of imide groups is 1. The van der Waals surface area contributed by atoms with Crippen LogP contribution in [0.5, 0.6) is 11.5 Å². The van der Waals surface area contributed by atoms with Gasteiger partial charge in [-0.05, 0) is 42.7 Å². The number of methoxy groups -OCH3 is 2. The van der Waals surface area contributed by atoms with Crippen LogP contribution in [0.25, 0.3) is 11.4 Å². The standard InChI is InChI=1S/C22H21N3O5S/c1-28-14-10-13(11-15(12-14)29-2)19-23-20(30-24-19)18(8-9-31-3)25-21(26)16-6-4-5-7-17(16)22(25)27/h4-7,10-12,18H,8-9H2,1-3H3/t18-/m1/s1. The number of amides is 2. The number of ether oxygens (including phenoxy) is 2. The fraction of sp³-hybridized carbons (Fsp3) is 0.273. The zero-order valence-electron chi connectivity index (χ0n) is 17.3. The first kappa shape index (κ1) is 20.9. The summed E-state index contributed by atoms with van der Waals surface area (Å²) in [6.45, 7) is 0. The molecule has 0 fully saturated rings. The number of hydrogen-bond acceptors (Lipinski definition) is 8. The number of hydrogen-bond donors (Lipinski definition) is 0. The van der Waals surface area contributed by atoms with Gasteiger partial charge in [-0.3, -0.25) is 14.5 Å². The molecule has 0 aliphatic carbocycles. The molecule has 0 unspecified atom stereocenters. The molecule has 160 valence electrons. The van der Waals surface area contributed by atoms with Gasteiger partial charge in [0.15, 0.2) is 0 Å². The summed E-state index contributed by atoms with van der Waals surface area (Å²) < 4.78 is 16.1. The van der Waals surface area contributed by atoms with Gasteiger partial charge in [0.05, 0.1) is 25.3 Å². The molecule has 2 aromatic carbocycles. The van der Waals surface area contributed by atoms with E-state index in [-0.39, 0.29) is 17.7 Å². The van der Waals surface area contributed by atoms with Gasteiger partial charge in [0.25, 0.3) is 11.8 Å². The highest BCUT2D eigenvalue weighted by molar-refractivity contribution is 7.98. The molecule has 31 heavy (non-hydrogen) atoms. The molecule has 3 aromatic rings. The Bertz CT molecular complexity index is 1070. The molecule has 1 aromatic heterocycles. The van der Waals surface area contributed by atoms with Crippen molar-refractivity contribution in [2.75, 3.05) is 26.2 Å². The molecular weight excluding hydrogens is 418 g/mol. The Morgan fingerprint density at radius 3 is 2.19 bits per heavy atom. The number of benzene rings is 2. The lowest BCUT2D eigenvalue weighted by Gasteiger charge is -2.22. The van der Waals surface area contributed by atoms with Gasteiger partial charge in [-0.25, -0.2) is 0 Å². The highest BCUT2D eigenvalue weighted by Gasteiger charge is 2.42. The van der Waals surface area contributed by atoms with Crippen LogP contribution in [0.1, 0.15) is 39.1 Å². The number of carbonyl (C=O) groups is 2. The smallest absolute Gasteiger partial charge is 0.262 e. The highest BCUT2D eigenvalue weighted by atomic mass is 32.2. The van der Waals surface area contributed by atoms with Crippen LogP contribution in [-0.2, 0) is 0 Å². The van der Waals surface area contributed by atoms with Gasteiger partial charge in [0, 0.05) is 11.6 Å². The number of thioether (sulfide) groups is 1. The molecule has 0 spiro atoms. The second kappa shape index (κ2) is 8.81. The average molecular weight is 439 g/mol. The third-order valence-electron chi connectivity index (χ3n) is 5.07. The van der Waals surface area contributed by atoms with Crippen molar-refractivity contribution < 1.29 is 23.6 Å². The van der Waals surface area contributed by atoms with E-state index in [2.05, 4.69) is 10.1 Å². The Balaban J connectivity index is 1.71. The van der Waals surface area contributed by atoms with Gasteiger partial charge in [0.2, 0.25) is 11.7 Å². The fourth-order valence-electron chi connectivity index (χ4n) is 3.51. The number of nitrogens with zero attached hydrogens (tertiary/aromatic N) is 3. The third-order valence-corrected chi connectivity index (χ3v) is 5.71. The van der Waals surface area contributed by atoms with E-state index < -0.39 is 6.04 Å². The fourth-order valence-corrected chi connectivity index (χ4v) is 3.97. The van der Waals surface area contributed by atoms with Crippen LogP contribution in [0.3, 0.4) is 0 Å². The zero-order chi connectivity index (χ0) is 22.0. The minimum absolute atomic E-state index is 0.209. The minimum Gasteiger partial charge on any atom is -0.497 e. The van der Waals surface area contributed by atoms with E-state index in [9.17, 15) is 9.59 Å². The van der Waals surface area contributed by atoms with Gasteiger partial charge in [-0.1, -0.05) is 17.3 Å². The molecule has 0 radical (unpaired) electrons. The van der Waals surface area contributed by atoms with Crippen molar-refractivity contribution in [2.45, 2.75) is 12.5 Å². The zero-order valence-corrected chi connectivity index (χ0v) is 18.1. The van der Waals surface area contributed by atoms with Crippen molar-refractivity contribution in [1.29, 1.82) is 0 Å². The lowest BCUT2D eigenvalue weighted by Crippen LogP contribution is -2.34. The second-order valence-electron chi connectivity index (χ2n) is 6.88. The highest BCUT2D eigenvalue weighted by Crippen LogP contribution is 2.35. The summed E-state index contributed by atoms with van der Waals surface area (Å²) in [5, 5.41) is 4.08. The van der Waals surface area contributed by atoms with Crippen molar-refractivity contribution in [3.63, 3.8) is 0 Å². The molecule has 1 aliphatic heterocycles. The molecule has 0 bridgehead atoms. The Hall–Kier alpha value is -3.33. The Morgan fingerprint density at radius 2 is 1.65 bits per heavy atom. The first-order chi connectivity index (χ1) is 15.1. The van der Waals surface area contributed by atoms with Crippen LogP contribution in [0, 0.1) is 0 Å².